The third-order valence-corrected chi connectivity index (χ3v) is 8.72. The van der Waals surface area contributed by atoms with E-state index in [0.29, 0.717) is 36.4 Å². The summed E-state index contributed by atoms with van der Waals surface area (Å²) in [4.78, 5) is 23.5. The highest BCUT2D eigenvalue weighted by Crippen LogP contribution is 2.66. The lowest BCUT2D eigenvalue weighted by Crippen LogP contribution is -2.58. The van der Waals surface area contributed by atoms with Crippen LogP contribution in [-0.4, -0.2) is 29.1 Å². The third-order valence-electron chi connectivity index (χ3n) is 8.72. The molecule has 0 aromatic heterocycles. The Labute approximate surface area is 150 Å². The Hall–Kier alpha value is -0.900. The molecule has 0 bridgehead atoms. The fourth-order valence-electron chi connectivity index (χ4n) is 7.43. The number of ether oxygens (including phenoxy) is 1. The summed E-state index contributed by atoms with van der Waals surface area (Å²) in [6.45, 7) is 6.16. The highest BCUT2D eigenvalue weighted by molar-refractivity contribution is 5.79. The van der Waals surface area contributed by atoms with Crippen LogP contribution in [0.15, 0.2) is 0 Å². The Balaban J connectivity index is 1.62. The van der Waals surface area contributed by atoms with Crippen LogP contribution >= 0.6 is 0 Å². The van der Waals surface area contributed by atoms with Crippen LogP contribution in [0.4, 0.5) is 0 Å². The molecule has 8 atom stereocenters. The number of aliphatic hydroxyl groups is 1. The molecular weight excluding hydrogens is 316 g/mol. The molecule has 140 valence electrons. The number of ketones is 1. The van der Waals surface area contributed by atoms with Crippen LogP contribution in [-0.2, 0) is 14.3 Å². The van der Waals surface area contributed by atoms with Gasteiger partial charge in [0.15, 0.2) is 0 Å². The van der Waals surface area contributed by atoms with Crippen molar-refractivity contribution in [1.29, 1.82) is 0 Å². The molecule has 4 heteroatoms. The first-order valence-electron chi connectivity index (χ1n) is 10.1. The maximum Gasteiger partial charge on any atom is 0.302 e. The van der Waals surface area contributed by atoms with E-state index >= 15 is 0 Å². The molecule has 0 saturated heterocycles. The number of aliphatic hydroxyl groups excluding tert-OH is 1. The number of Topliss-reactive ketones (excluding diaryl/α,β-unsaturated/α-hetero) is 1. The lowest BCUT2D eigenvalue weighted by molar-refractivity contribution is -0.176. The van der Waals surface area contributed by atoms with Crippen LogP contribution in [0.3, 0.4) is 0 Å². The van der Waals surface area contributed by atoms with Crippen molar-refractivity contribution in [2.45, 2.75) is 84.3 Å². The van der Waals surface area contributed by atoms with E-state index in [-0.39, 0.29) is 34.9 Å². The summed E-state index contributed by atoms with van der Waals surface area (Å²) >= 11 is 0. The summed E-state index contributed by atoms with van der Waals surface area (Å²) in [6, 6.07) is 0. The van der Waals surface area contributed by atoms with E-state index in [4.69, 9.17) is 4.74 Å². The van der Waals surface area contributed by atoms with Crippen molar-refractivity contribution >= 4 is 11.8 Å². The molecule has 0 radical (unpaired) electrons. The largest absolute Gasteiger partial charge is 0.462 e. The predicted octanol–water partition coefficient (Wildman–Crippen LogP) is 3.50. The first-order valence-corrected chi connectivity index (χ1v) is 10.1. The zero-order valence-electron chi connectivity index (χ0n) is 15.8. The van der Waals surface area contributed by atoms with Crippen molar-refractivity contribution in [2.24, 2.45) is 34.5 Å². The van der Waals surface area contributed by atoms with Crippen LogP contribution in [0.25, 0.3) is 0 Å². The molecule has 0 heterocycles. The van der Waals surface area contributed by atoms with E-state index in [1.54, 1.807) is 0 Å². The van der Waals surface area contributed by atoms with Gasteiger partial charge in [0.2, 0.25) is 0 Å². The molecule has 4 aliphatic carbocycles. The average molecular weight is 348 g/mol. The quantitative estimate of drug-likeness (QED) is 0.737. The van der Waals surface area contributed by atoms with Gasteiger partial charge in [-0.15, -0.1) is 0 Å². The van der Waals surface area contributed by atoms with Gasteiger partial charge in [-0.2, -0.15) is 0 Å². The van der Waals surface area contributed by atoms with Gasteiger partial charge >= 0.3 is 5.97 Å². The van der Waals surface area contributed by atoms with Crippen LogP contribution in [0.5, 0.6) is 0 Å². The maximum atomic E-state index is 12.0. The predicted molar refractivity (Wildman–Crippen MR) is 93.7 cm³/mol. The lowest BCUT2D eigenvalue weighted by atomic mass is 9.44. The van der Waals surface area contributed by atoms with Gasteiger partial charge in [0.05, 0.1) is 6.10 Å². The second-order valence-electron chi connectivity index (χ2n) is 9.75. The first kappa shape index (κ1) is 17.5. The van der Waals surface area contributed by atoms with Gasteiger partial charge in [-0.05, 0) is 67.6 Å². The topological polar surface area (TPSA) is 63.6 Å². The molecular formula is C21H32O4. The highest BCUT2D eigenvalue weighted by Gasteiger charge is 2.62. The van der Waals surface area contributed by atoms with Crippen LogP contribution in [0.1, 0.15) is 72.1 Å². The minimum absolute atomic E-state index is 0.0338. The molecule has 4 saturated carbocycles. The van der Waals surface area contributed by atoms with Gasteiger partial charge in [0.1, 0.15) is 11.9 Å². The van der Waals surface area contributed by atoms with Crippen molar-refractivity contribution < 1.29 is 19.4 Å². The van der Waals surface area contributed by atoms with E-state index in [0.717, 1.165) is 38.5 Å². The normalized spacial score (nSPS) is 52.1. The van der Waals surface area contributed by atoms with E-state index in [1.165, 1.54) is 6.92 Å². The molecule has 4 rings (SSSR count). The molecule has 0 spiro atoms. The maximum absolute atomic E-state index is 12.0. The molecule has 4 aliphatic rings. The Morgan fingerprint density at radius 3 is 2.52 bits per heavy atom. The Kier molecular flexibility index (Phi) is 4.06. The zero-order valence-corrected chi connectivity index (χ0v) is 15.8. The standard InChI is InChI=1S/C21H32O4/c1-12(22)25-19-5-4-15-14-11-18(24)17-10-13(23)6-8-20(17,2)16(14)7-9-21(15,19)3/h14-19,24H,4-11H2,1-3H3/t14-,15+,16-,17+,18-,19+,20+,21-/m0/s1. The molecule has 4 fully saturated rings. The molecule has 0 aromatic rings. The van der Waals surface area contributed by atoms with Gasteiger partial charge in [-0.25, -0.2) is 0 Å². The number of hydrogen-bond acceptors (Lipinski definition) is 4. The summed E-state index contributed by atoms with van der Waals surface area (Å²) in [5.41, 5.74) is 0.150. The average Bonchev–Trinajstić information content (AvgIpc) is 2.86. The molecule has 0 amide bonds. The summed E-state index contributed by atoms with van der Waals surface area (Å²) in [5, 5.41) is 10.9. The minimum atomic E-state index is -0.356. The Bertz CT molecular complexity index is 586. The summed E-state index contributed by atoms with van der Waals surface area (Å²) in [5.74, 6) is 1.93. The summed E-state index contributed by atoms with van der Waals surface area (Å²) in [6.07, 6.45) is 6.99. The van der Waals surface area contributed by atoms with Gasteiger partial charge in [0.25, 0.3) is 0 Å². The van der Waals surface area contributed by atoms with Crippen molar-refractivity contribution in [3.63, 3.8) is 0 Å². The van der Waals surface area contributed by atoms with E-state index in [1.807, 2.05) is 0 Å². The van der Waals surface area contributed by atoms with E-state index in [2.05, 4.69) is 13.8 Å². The van der Waals surface area contributed by atoms with Crippen molar-refractivity contribution in [3.05, 3.63) is 0 Å². The van der Waals surface area contributed by atoms with Crippen molar-refractivity contribution in [1.82, 2.24) is 0 Å². The molecule has 0 aliphatic heterocycles. The molecule has 4 nitrogen and oxygen atoms in total. The number of carbonyl (C=O) groups is 2. The van der Waals surface area contributed by atoms with Gasteiger partial charge in [0, 0.05) is 25.2 Å². The molecule has 0 aromatic carbocycles. The highest BCUT2D eigenvalue weighted by atomic mass is 16.5. The second kappa shape index (κ2) is 5.80. The SMILES string of the molecule is CC(=O)O[C@@H]1CC[C@@H]2[C@@H]3C[C@H](O)[C@H]4CC(=O)CC[C@]4(C)[C@H]3CC[C@@]21C. The molecule has 0 unspecified atom stereocenters. The Morgan fingerprint density at radius 2 is 1.80 bits per heavy atom. The lowest BCUT2D eigenvalue weighted by Gasteiger charge is -2.61. The third kappa shape index (κ3) is 2.50. The van der Waals surface area contributed by atoms with Crippen LogP contribution in [0, 0.1) is 34.5 Å². The monoisotopic (exact) mass is 348 g/mol. The molecule has 1 N–H and O–H groups in total. The molecule has 25 heavy (non-hydrogen) atoms. The minimum Gasteiger partial charge on any atom is -0.462 e. The number of carbonyl (C=O) groups excluding carboxylic acids is 2. The Morgan fingerprint density at radius 1 is 1.08 bits per heavy atom. The van der Waals surface area contributed by atoms with Crippen molar-refractivity contribution in [2.75, 3.05) is 0 Å². The fraction of sp³-hybridized carbons (Fsp3) is 0.905. The van der Waals surface area contributed by atoms with Gasteiger partial charge < -0.3 is 9.84 Å². The number of rotatable bonds is 1. The van der Waals surface area contributed by atoms with E-state index < -0.39 is 0 Å². The number of esters is 1. The first-order chi connectivity index (χ1) is 11.8. The van der Waals surface area contributed by atoms with E-state index in [9.17, 15) is 14.7 Å². The van der Waals surface area contributed by atoms with Crippen LogP contribution in [0.2, 0.25) is 0 Å². The van der Waals surface area contributed by atoms with Crippen LogP contribution < -0.4 is 0 Å². The fourth-order valence-corrected chi connectivity index (χ4v) is 7.43. The zero-order chi connectivity index (χ0) is 18.0. The van der Waals surface area contributed by atoms with Crippen molar-refractivity contribution in [3.8, 4) is 0 Å². The number of fused-ring (bicyclic) bond motifs is 5. The van der Waals surface area contributed by atoms with Gasteiger partial charge in [-0.1, -0.05) is 13.8 Å². The van der Waals surface area contributed by atoms with Gasteiger partial charge in [-0.3, -0.25) is 9.59 Å². The summed E-state index contributed by atoms with van der Waals surface area (Å²) in [7, 11) is 0. The smallest absolute Gasteiger partial charge is 0.302 e. The summed E-state index contributed by atoms with van der Waals surface area (Å²) < 4.78 is 5.69. The number of hydrogen-bond donors (Lipinski definition) is 1. The second-order valence-corrected chi connectivity index (χ2v) is 9.75.